The highest BCUT2D eigenvalue weighted by Gasteiger charge is 2.22. The quantitative estimate of drug-likeness (QED) is 0.825. The van der Waals surface area contributed by atoms with Crippen molar-refractivity contribution in [2.45, 2.75) is 12.5 Å². The molecule has 1 N–H and O–H groups in total. The number of amides is 1. The van der Waals surface area contributed by atoms with E-state index in [1.807, 2.05) is 30.3 Å². The Hall–Kier alpha value is -0.770. The van der Waals surface area contributed by atoms with E-state index in [1.165, 1.54) is 0 Å². The summed E-state index contributed by atoms with van der Waals surface area (Å²) in [5, 5.41) is 2.52. The van der Waals surface area contributed by atoms with Gasteiger partial charge in [-0.25, -0.2) is 0 Å². The van der Waals surface area contributed by atoms with E-state index in [4.69, 9.17) is 23.6 Å². The maximum Gasteiger partial charge on any atom is 0.240 e. The average molecular weight is 247 g/mol. The van der Waals surface area contributed by atoms with Crippen molar-refractivity contribution in [2.24, 2.45) is 0 Å². The lowest BCUT2D eigenvalue weighted by Gasteiger charge is -2.17. The third-order valence-corrected chi connectivity index (χ3v) is 2.53. The summed E-state index contributed by atoms with van der Waals surface area (Å²) in [6.45, 7) is 0. The molecule has 0 aromatic heterocycles. The predicted octanol–water partition coefficient (Wildman–Crippen LogP) is 1.95. The first kappa shape index (κ1) is 12.3. The zero-order valence-electron chi connectivity index (χ0n) is 8.28. The van der Waals surface area contributed by atoms with Crippen LogP contribution in [0.5, 0.6) is 0 Å². The SMILES string of the molecule is CNC(=O)C(Cc1ccccc1)N(Cl)Cl. The second-order valence-corrected chi connectivity index (χ2v) is 3.98. The van der Waals surface area contributed by atoms with E-state index in [-0.39, 0.29) is 5.91 Å². The molecule has 1 aromatic carbocycles. The van der Waals surface area contributed by atoms with Gasteiger partial charge in [0.15, 0.2) is 0 Å². The van der Waals surface area contributed by atoms with Crippen molar-refractivity contribution >= 4 is 29.5 Å². The Kier molecular flexibility index (Phi) is 4.88. The maximum atomic E-state index is 11.4. The Bertz CT molecular complexity index is 316. The van der Waals surface area contributed by atoms with Gasteiger partial charge in [-0.2, -0.15) is 0 Å². The molecule has 1 amide bonds. The standard InChI is InChI=1S/C10H12Cl2N2O/c1-13-10(15)9(14(11)12)7-8-5-3-2-4-6-8/h2-6,9H,7H2,1H3,(H,13,15). The van der Waals surface area contributed by atoms with E-state index in [1.54, 1.807) is 7.05 Å². The van der Waals surface area contributed by atoms with Crippen LogP contribution in [0.3, 0.4) is 0 Å². The van der Waals surface area contributed by atoms with Gasteiger partial charge in [-0.05, 0) is 35.5 Å². The summed E-state index contributed by atoms with van der Waals surface area (Å²) < 4.78 is 0.881. The van der Waals surface area contributed by atoms with Gasteiger partial charge in [0.05, 0.1) is 0 Å². The molecule has 0 heterocycles. The van der Waals surface area contributed by atoms with Crippen molar-refractivity contribution in [1.82, 2.24) is 9.25 Å². The third-order valence-electron chi connectivity index (χ3n) is 2.06. The lowest BCUT2D eigenvalue weighted by atomic mass is 10.1. The van der Waals surface area contributed by atoms with Gasteiger partial charge in [-0.1, -0.05) is 30.3 Å². The minimum atomic E-state index is -0.569. The van der Waals surface area contributed by atoms with Crippen molar-refractivity contribution in [2.75, 3.05) is 7.05 Å². The number of halogens is 2. The monoisotopic (exact) mass is 246 g/mol. The predicted molar refractivity (Wildman–Crippen MR) is 61.5 cm³/mol. The first-order valence-corrected chi connectivity index (χ1v) is 5.19. The summed E-state index contributed by atoms with van der Waals surface area (Å²) in [6, 6.07) is 9.00. The summed E-state index contributed by atoms with van der Waals surface area (Å²) >= 11 is 11.2. The van der Waals surface area contributed by atoms with E-state index in [2.05, 4.69) is 5.32 Å². The molecule has 5 heteroatoms. The van der Waals surface area contributed by atoms with Crippen LogP contribution in [0.15, 0.2) is 30.3 Å². The van der Waals surface area contributed by atoms with E-state index < -0.39 is 6.04 Å². The van der Waals surface area contributed by atoms with E-state index in [9.17, 15) is 4.79 Å². The molecule has 0 bridgehead atoms. The molecule has 0 aliphatic rings. The average Bonchev–Trinajstić information content (AvgIpc) is 2.26. The first-order chi connectivity index (χ1) is 7.15. The van der Waals surface area contributed by atoms with Gasteiger partial charge in [-0.3, -0.25) is 4.79 Å². The summed E-state index contributed by atoms with van der Waals surface area (Å²) in [6.07, 6.45) is 0.480. The van der Waals surface area contributed by atoms with Crippen LogP contribution in [0.2, 0.25) is 0 Å². The lowest BCUT2D eigenvalue weighted by Crippen LogP contribution is -2.39. The minimum Gasteiger partial charge on any atom is -0.358 e. The number of carbonyl (C=O) groups is 1. The highest BCUT2D eigenvalue weighted by molar-refractivity contribution is 6.35. The van der Waals surface area contributed by atoms with Crippen LogP contribution >= 0.6 is 23.6 Å². The van der Waals surface area contributed by atoms with Gasteiger partial charge >= 0.3 is 0 Å². The van der Waals surface area contributed by atoms with E-state index in [0.717, 1.165) is 9.50 Å². The molecule has 0 radical (unpaired) electrons. The number of hydrogen-bond acceptors (Lipinski definition) is 2. The second-order valence-electron chi connectivity index (χ2n) is 3.08. The van der Waals surface area contributed by atoms with Gasteiger partial charge in [-0.15, -0.1) is 3.94 Å². The first-order valence-electron chi connectivity index (χ1n) is 4.51. The molecule has 0 fully saturated rings. The van der Waals surface area contributed by atoms with E-state index in [0.29, 0.717) is 6.42 Å². The van der Waals surface area contributed by atoms with Gasteiger partial charge in [0, 0.05) is 7.05 Å². The number of nitrogens with zero attached hydrogens (tertiary/aromatic N) is 1. The Labute approximate surface area is 99.2 Å². The molecular weight excluding hydrogens is 235 g/mol. The fourth-order valence-electron chi connectivity index (χ4n) is 1.25. The van der Waals surface area contributed by atoms with Gasteiger partial charge in [0.2, 0.25) is 5.91 Å². The number of nitrogens with one attached hydrogen (secondary N) is 1. The largest absolute Gasteiger partial charge is 0.358 e. The zero-order chi connectivity index (χ0) is 11.3. The van der Waals surface area contributed by atoms with Crippen molar-refractivity contribution in [3.8, 4) is 0 Å². The fraction of sp³-hybridized carbons (Fsp3) is 0.300. The van der Waals surface area contributed by atoms with Crippen molar-refractivity contribution < 1.29 is 4.79 Å². The molecule has 0 saturated carbocycles. The summed E-state index contributed by atoms with van der Waals surface area (Å²) in [5.74, 6) is -0.205. The topological polar surface area (TPSA) is 32.3 Å². The van der Waals surface area contributed by atoms with Gasteiger partial charge in [0.25, 0.3) is 0 Å². The molecule has 0 spiro atoms. The summed E-state index contributed by atoms with van der Waals surface area (Å²) in [5.41, 5.74) is 1.01. The molecule has 15 heavy (non-hydrogen) atoms. The highest BCUT2D eigenvalue weighted by atomic mass is 35.5. The number of likely N-dealkylation sites (N-methyl/N-ethyl adjacent to an activating group) is 1. The van der Waals surface area contributed by atoms with Crippen molar-refractivity contribution in [3.05, 3.63) is 35.9 Å². The van der Waals surface area contributed by atoms with Crippen molar-refractivity contribution in [3.63, 3.8) is 0 Å². The number of rotatable bonds is 4. The fourth-order valence-corrected chi connectivity index (χ4v) is 1.57. The van der Waals surface area contributed by atoms with Crippen LogP contribution in [0, 0.1) is 0 Å². The van der Waals surface area contributed by atoms with Gasteiger partial charge in [0.1, 0.15) is 6.04 Å². The van der Waals surface area contributed by atoms with Crippen LogP contribution in [0.25, 0.3) is 0 Å². The molecule has 0 aliphatic carbocycles. The highest BCUT2D eigenvalue weighted by Crippen LogP contribution is 2.13. The molecular formula is C10H12Cl2N2O. The van der Waals surface area contributed by atoms with Crippen LogP contribution in [-0.2, 0) is 11.2 Å². The van der Waals surface area contributed by atoms with Crippen LogP contribution in [-0.4, -0.2) is 22.9 Å². The molecule has 1 rings (SSSR count). The van der Waals surface area contributed by atoms with Gasteiger partial charge < -0.3 is 5.32 Å². The van der Waals surface area contributed by atoms with Crippen molar-refractivity contribution in [1.29, 1.82) is 0 Å². The molecule has 82 valence electrons. The molecule has 1 unspecified atom stereocenters. The van der Waals surface area contributed by atoms with Crippen LogP contribution in [0.1, 0.15) is 5.56 Å². The van der Waals surface area contributed by atoms with E-state index >= 15 is 0 Å². The smallest absolute Gasteiger partial charge is 0.240 e. The van der Waals surface area contributed by atoms with Crippen LogP contribution in [0.4, 0.5) is 0 Å². The Morgan fingerprint density at radius 1 is 1.40 bits per heavy atom. The zero-order valence-corrected chi connectivity index (χ0v) is 9.79. The summed E-state index contributed by atoms with van der Waals surface area (Å²) in [7, 11) is 1.55. The number of carbonyl (C=O) groups excluding carboxylic acids is 1. The number of benzene rings is 1. The third kappa shape index (κ3) is 3.70. The normalized spacial score (nSPS) is 12.5. The molecule has 0 saturated heterocycles. The van der Waals surface area contributed by atoms with Crippen LogP contribution < -0.4 is 5.32 Å². The molecule has 3 nitrogen and oxygen atoms in total. The molecule has 1 aromatic rings. The molecule has 1 atom stereocenters. The second kappa shape index (κ2) is 5.95. The number of hydrogen-bond donors (Lipinski definition) is 1. The summed E-state index contributed by atoms with van der Waals surface area (Å²) in [4.78, 5) is 11.4. The Morgan fingerprint density at radius 3 is 2.47 bits per heavy atom. The molecule has 0 aliphatic heterocycles. The Morgan fingerprint density at radius 2 is 2.00 bits per heavy atom. The minimum absolute atomic E-state index is 0.205. The Balaban J connectivity index is 2.72. The lowest BCUT2D eigenvalue weighted by molar-refractivity contribution is -0.123. The maximum absolute atomic E-state index is 11.4.